The van der Waals surface area contributed by atoms with E-state index in [0.29, 0.717) is 19.1 Å². The van der Waals surface area contributed by atoms with Crippen LogP contribution in [-0.4, -0.2) is 31.1 Å². The van der Waals surface area contributed by atoms with Gasteiger partial charge in [-0.2, -0.15) is 0 Å². The van der Waals surface area contributed by atoms with Crippen LogP contribution in [0.1, 0.15) is 36.5 Å². The Balaban J connectivity index is 1.53. The summed E-state index contributed by atoms with van der Waals surface area (Å²) in [5, 5.41) is 3.18. The molecule has 1 atom stereocenters. The summed E-state index contributed by atoms with van der Waals surface area (Å²) in [4.78, 5) is 7.03. The van der Waals surface area contributed by atoms with Crippen molar-refractivity contribution in [3.8, 4) is 0 Å². The molecule has 1 aliphatic heterocycles. The summed E-state index contributed by atoms with van der Waals surface area (Å²) in [6.07, 6.45) is 2.67. The van der Waals surface area contributed by atoms with Crippen LogP contribution in [0.3, 0.4) is 0 Å². The van der Waals surface area contributed by atoms with E-state index >= 15 is 0 Å². The molecule has 0 aromatic heterocycles. The molecule has 0 spiro atoms. The average Bonchev–Trinajstić information content (AvgIpc) is 2.69. The summed E-state index contributed by atoms with van der Waals surface area (Å²) in [5.41, 5.74) is 10.6. The van der Waals surface area contributed by atoms with Crippen molar-refractivity contribution in [3.63, 3.8) is 0 Å². The van der Waals surface area contributed by atoms with Crippen LogP contribution in [0, 0.1) is 5.92 Å². The minimum Gasteiger partial charge on any atom is -0.380 e. The van der Waals surface area contributed by atoms with Gasteiger partial charge in [0.15, 0.2) is 5.96 Å². The lowest BCUT2D eigenvalue weighted by Gasteiger charge is -2.30. The first kappa shape index (κ1) is 20.4. The number of piperidine rings is 1. The lowest BCUT2D eigenvalue weighted by atomic mass is 9.99. The Kier molecular flexibility index (Phi) is 7.46. The number of nitrogens with two attached hydrogens (primary N) is 1. The van der Waals surface area contributed by atoms with E-state index in [4.69, 9.17) is 10.5 Å². The average molecular weight is 381 g/mol. The molecule has 1 unspecified atom stereocenters. The fourth-order valence-electron chi connectivity index (χ4n) is 3.72. The summed E-state index contributed by atoms with van der Waals surface area (Å²) >= 11 is 0. The number of nitrogens with zero attached hydrogens (tertiary/aromatic N) is 2. The number of benzene rings is 2. The van der Waals surface area contributed by atoms with Crippen LogP contribution >= 0.6 is 0 Å². The summed E-state index contributed by atoms with van der Waals surface area (Å²) < 4.78 is 5.23. The van der Waals surface area contributed by atoms with Gasteiger partial charge < -0.3 is 15.8 Å². The van der Waals surface area contributed by atoms with Crippen LogP contribution < -0.4 is 11.1 Å². The van der Waals surface area contributed by atoms with Crippen molar-refractivity contribution >= 4 is 11.6 Å². The Morgan fingerprint density at radius 1 is 1.18 bits per heavy atom. The number of likely N-dealkylation sites (tertiary alicyclic amines) is 1. The number of anilines is 1. The van der Waals surface area contributed by atoms with Gasteiger partial charge in [-0.25, -0.2) is 4.99 Å². The number of aliphatic imine (C=N–C) groups is 1. The Hall–Kier alpha value is -2.37. The normalized spacial score (nSPS) is 18.2. The van der Waals surface area contributed by atoms with Gasteiger partial charge in [-0.15, -0.1) is 0 Å². The second-order valence-electron chi connectivity index (χ2n) is 7.72. The van der Waals surface area contributed by atoms with E-state index < -0.39 is 0 Å². The monoisotopic (exact) mass is 380 g/mol. The number of para-hydroxylation sites is 1. The van der Waals surface area contributed by atoms with Crippen molar-refractivity contribution in [1.82, 2.24) is 4.90 Å². The van der Waals surface area contributed by atoms with Crippen molar-refractivity contribution in [2.45, 2.75) is 39.5 Å². The molecular weight excluding hydrogens is 348 g/mol. The molecule has 2 aromatic carbocycles. The van der Waals surface area contributed by atoms with Gasteiger partial charge in [-0.3, -0.25) is 4.90 Å². The first-order valence-electron chi connectivity index (χ1n) is 10.1. The number of rotatable bonds is 7. The van der Waals surface area contributed by atoms with E-state index in [2.05, 4.69) is 46.4 Å². The zero-order valence-corrected chi connectivity index (χ0v) is 17.0. The first-order valence-corrected chi connectivity index (χ1v) is 10.1. The van der Waals surface area contributed by atoms with Crippen LogP contribution in [0.5, 0.6) is 0 Å². The number of hydrogen-bond donors (Lipinski definition) is 2. The third kappa shape index (κ3) is 6.08. The minimum absolute atomic E-state index is 0.412. The number of nitrogens with one attached hydrogen (secondary N) is 1. The van der Waals surface area contributed by atoms with Gasteiger partial charge in [0.25, 0.3) is 0 Å². The van der Waals surface area contributed by atoms with Crippen LogP contribution in [0.2, 0.25) is 0 Å². The summed E-state index contributed by atoms with van der Waals surface area (Å²) in [5.74, 6) is 1.22. The molecule has 0 amide bonds. The van der Waals surface area contributed by atoms with E-state index in [1.807, 2.05) is 24.3 Å². The van der Waals surface area contributed by atoms with E-state index in [0.717, 1.165) is 29.3 Å². The molecule has 3 N–H and O–H groups in total. The van der Waals surface area contributed by atoms with Crippen LogP contribution in [-0.2, 0) is 24.4 Å². The Morgan fingerprint density at radius 2 is 1.93 bits per heavy atom. The Morgan fingerprint density at radius 3 is 2.68 bits per heavy atom. The van der Waals surface area contributed by atoms with Crippen LogP contribution in [0.15, 0.2) is 53.5 Å². The minimum atomic E-state index is 0.412. The molecule has 5 heteroatoms. The molecule has 1 aliphatic rings. The van der Waals surface area contributed by atoms with Crippen molar-refractivity contribution in [2.24, 2.45) is 16.6 Å². The lowest BCUT2D eigenvalue weighted by molar-refractivity contribution is 0.176. The number of methoxy groups -OCH3 is 1. The first-order chi connectivity index (χ1) is 13.6. The van der Waals surface area contributed by atoms with Gasteiger partial charge in [-0.1, -0.05) is 49.4 Å². The van der Waals surface area contributed by atoms with Crippen molar-refractivity contribution in [3.05, 3.63) is 65.2 Å². The highest BCUT2D eigenvalue weighted by atomic mass is 16.5. The second kappa shape index (κ2) is 10.2. The fraction of sp³-hybridized carbons (Fsp3) is 0.435. The van der Waals surface area contributed by atoms with Crippen molar-refractivity contribution in [2.75, 3.05) is 25.5 Å². The number of guanidine groups is 1. The quantitative estimate of drug-likeness (QED) is 0.563. The second-order valence-corrected chi connectivity index (χ2v) is 7.72. The molecular formula is C23H32N4O. The molecule has 1 fully saturated rings. The molecule has 0 saturated carbocycles. The van der Waals surface area contributed by atoms with E-state index in [-0.39, 0.29) is 0 Å². The molecule has 2 aromatic rings. The molecule has 0 aliphatic carbocycles. The summed E-state index contributed by atoms with van der Waals surface area (Å²) in [6.45, 7) is 6.90. The van der Waals surface area contributed by atoms with Gasteiger partial charge in [0, 0.05) is 31.5 Å². The molecule has 0 bridgehead atoms. The van der Waals surface area contributed by atoms with E-state index in [9.17, 15) is 0 Å². The zero-order valence-electron chi connectivity index (χ0n) is 17.0. The maximum atomic E-state index is 6.08. The van der Waals surface area contributed by atoms with Gasteiger partial charge in [0.2, 0.25) is 0 Å². The third-order valence-electron chi connectivity index (χ3n) is 5.18. The smallest absolute Gasteiger partial charge is 0.193 e. The number of hydrogen-bond acceptors (Lipinski definition) is 3. The van der Waals surface area contributed by atoms with Gasteiger partial charge in [0.05, 0.1) is 13.2 Å². The van der Waals surface area contributed by atoms with Gasteiger partial charge in [-0.05, 0) is 42.5 Å². The predicted octanol–water partition coefficient (Wildman–Crippen LogP) is 3.99. The van der Waals surface area contributed by atoms with Gasteiger partial charge in [0.1, 0.15) is 0 Å². The fourth-order valence-corrected chi connectivity index (χ4v) is 3.72. The SMILES string of the molecule is COCc1ccccc1NC(N)=NCc1ccc(CN2CCCC(C)C2)cc1. The van der Waals surface area contributed by atoms with Crippen molar-refractivity contribution in [1.29, 1.82) is 0 Å². The highest BCUT2D eigenvalue weighted by Gasteiger charge is 2.16. The lowest BCUT2D eigenvalue weighted by Crippen LogP contribution is -2.33. The van der Waals surface area contributed by atoms with Crippen molar-refractivity contribution < 1.29 is 4.74 Å². The maximum Gasteiger partial charge on any atom is 0.193 e. The Bertz CT molecular complexity index is 772. The highest BCUT2D eigenvalue weighted by Crippen LogP contribution is 2.18. The molecule has 1 saturated heterocycles. The largest absolute Gasteiger partial charge is 0.380 e. The molecule has 0 radical (unpaired) electrons. The van der Waals surface area contributed by atoms with E-state index in [1.165, 1.54) is 31.5 Å². The zero-order chi connectivity index (χ0) is 19.8. The summed E-state index contributed by atoms with van der Waals surface area (Å²) in [6, 6.07) is 16.7. The highest BCUT2D eigenvalue weighted by molar-refractivity contribution is 5.92. The topological polar surface area (TPSA) is 62.9 Å². The Labute approximate surface area is 168 Å². The van der Waals surface area contributed by atoms with Crippen LogP contribution in [0.25, 0.3) is 0 Å². The predicted molar refractivity (Wildman–Crippen MR) is 116 cm³/mol. The summed E-state index contributed by atoms with van der Waals surface area (Å²) in [7, 11) is 1.68. The van der Waals surface area contributed by atoms with Crippen LogP contribution in [0.4, 0.5) is 5.69 Å². The molecule has 28 heavy (non-hydrogen) atoms. The van der Waals surface area contributed by atoms with Gasteiger partial charge >= 0.3 is 0 Å². The maximum absolute atomic E-state index is 6.08. The third-order valence-corrected chi connectivity index (χ3v) is 5.18. The number of ether oxygens (including phenoxy) is 1. The van der Waals surface area contributed by atoms with E-state index in [1.54, 1.807) is 7.11 Å². The molecule has 150 valence electrons. The molecule has 5 nitrogen and oxygen atoms in total. The standard InChI is InChI=1S/C23H32N4O/c1-18-6-5-13-27(15-18)16-20-11-9-19(10-12-20)14-25-23(24)26-22-8-4-3-7-21(22)17-28-2/h3-4,7-12,18H,5-6,13-17H2,1-2H3,(H3,24,25,26). The molecule has 3 rings (SSSR count). The molecule has 1 heterocycles.